The van der Waals surface area contributed by atoms with Crippen LogP contribution in [0.25, 0.3) is 0 Å². The second-order valence-corrected chi connectivity index (χ2v) is 6.26. The maximum Gasteiger partial charge on any atom is 0.325 e. The molecule has 0 atom stereocenters. The van der Waals surface area contributed by atoms with E-state index < -0.39 is 6.03 Å². The molecule has 0 aliphatic carbocycles. The van der Waals surface area contributed by atoms with Crippen molar-refractivity contribution in [2.75, 3.05) is 23.8 Å². The van der Waals surface area contributed by atoms with Crippen LogP contribution in [-0.2, 0) is 6.61 Å². The van der Waals surface area contributed by atoms with E-state index in [4.69, 9.17) is 14.2 Å². The summed E-state index contributed by atoms with van der Waals surface area (Å²) in [7, 11) is 0. The van der Waals surface area contributed by atoms with Crippen LogP contribution in [0.15, 0.2) is 49.1 Å². The molecule has 0 fully saturated rings. The summed E-state index contributed by atoms with van der Waals surface area (Å²) in [6.07, 6.45) is 6.47. The third-order valence-electron chi connectivity index (χ3n) is 4.03. The summed E-state index contributed by atoms with van der Waals surface area (Å²) in [5.74, 6) is 1.88. The van der Waals surface area contributed by atoms with Gasteiger partial charge in [-0.25, -0.2) is 9.78 Å². The van der Waals surface area contributed by atoms with E-state index in [2.05, 4.69) is 25.6 Å². The molecule has 9 nitrogen and oxygen atoms in total. The van der Waals surface area contributed by atoms with Crippen LogP contribution in [0, 0.1) is 6.92 Å². The fourth-order valence-corrected chi connectivity index (χ4v) is 2.66. The van der Waals surface area contributed by atoms with Gasteiger partial charge in [-0.1, -0.05) is 6.07 Å². The first kappa shape index (κ1) is 18.5. The Morgan fingerprint density at radius 1 is 1.10 bits per heavy atom. The molecule has 3 aromatic rings. The number of nitrogens with one attached hydrogen (secondary N) is 2. The maximum atomic E-state index is 12.4. The number of benzene rings is 1. The van der Waals surface area contributed by atoms with Crippen LogP contribution in [-0.4, -0.2) is 34.2 Å². The van der Waals surface area contributed by atoms with Crippen molar-refractivity contribution in [1.29, 1.82) is 0 Å². The Morgan fingerprint density at radius 3 is 2.66 bits per heavy atom. The molecule has 1 aromatic carbocycles. The van der Waals surface area contributed by atoms with Crippen LogP contribution in [0.5, 0.6) is 17.2 Å². The molecule has 0 unspecified atom stereocenters. The summed E-state index contributed by atoms with van der Waals surface area (Å²) < 4.78 is 17.1. The van der Waals surface area contributed by atoms with Gasteiger partial charge in [0.1, 0.15) is 25.6 Å². The number of anilines is 2. The van der Waals surface area contributed by atoms with Crippen LogP contribution in [0.2, 0.25) is 0 Å². The van der Waals surface area contributed by atoms with Gasteiger partial charge in [0.15, 0.2) is 17.3 Å². The minimum Gasteiger partial charge on any atom is -0.487 e. The van der Waals surface area contributed by atoms with Gasteiger partial charge >= 0.3 is 6.03 Å². The third kappa shape index (κ3) is 4.70. The van der Waals surface area contributed by atoms with Gasteiger partial charge in [-0.2, -0.15) is 0 Å². The zero-order chi connectivity index (χ0) is 20.1. The highest BCUT2D eigenvalue weighted by atomic mass is 16.6. The van der Waals surface area contributed by atoms with Gasteiger partial charge in [0.05, 0.1) is 23.8 Å². The van der Waals surface area contributed by atoms with E-state index in [1.807, 2.05) is 19.1 Å². The van der Waals surface area contributed by atoms with E-state index in [-0.39, 0.29) is 6.61 Å². The Morgan fingerprint density at radius 2 is 1.93 bits per heavy atom. The molecule has 0 saturated heterocycles. The van der Waals surface area contributed by atoms with Gasteiger partial charge in [0, 0.05) is 30.1 Å². The molecule has 2 aromatic heterocycles. The largest absolute Gasteiger partial charge is 0.487 e. The van der Waals surface area contributed by atoms with Crippen molar-refractivity contribution in [3.05, 3.63) is 60.3 Å². The van der Waals surface area contributed by atoms with Gasteiger partial charge in [-0.15, -0.1) is 0 Å². The van der Waals surface area contributed by atoms with Gasteiger partial charge in [0.2, 0.25) is 0 Å². The molecule has 3 heterocycles. The second-order valence-electron chi connectivity index (χ2n) is 6.26. The minimum absolute atomic E-state index is 0.285. The molecule has 0 spiro atoms. The minimum atomic E-state index is -0.481. The third-order valence-corrected chi connectivity index (χ3v) is 4.03. The lowest BCUT2D eigenvalue weighted by molar-refractivity contribution is 0.170. The molecule has 2 amide bonds. The number of carbonyl (C=O) groups is 1. The average molecular weight is 393 g/mol. The van der Waals surface area contributed by atoms with Crippen molar-refractivity contribution >= 4 is 17.5 Å². The van der Waals surface area contributed by atoms with Gasteiger partial charge in [-0.05, 0) is 13.0 Å². The number of aryl methyl sites for hydroxylation is 1. The molecular weight excluding hydrogens is 374 g/mol. The van der Waals surface area contributed by atoms with E-state index >= 15 is 0 Å². The summed E-state index contributed by atoms with van der Waals surface area (Å²) in [6.45, 7) is 2.99. The summed E-state index contributed by atoms with van der Waals surface area (Å²) >= 11 is 0. The lowest BCUT2D eigenvalue weighted by Crippen LogP contribution is -2.21. The van der Waals surface area contributed by atoms with Crippen LogP contribution in [0.1, 0.15) is 11.3 Å². The monoisotopic (exact) mass is 393 g/mol. The fraction of sp³-hybridized carbons (Fsp3) is 0.200. The lowest BCUT2D eigenvalue weighted by Gasteiger charge is -2.21. The van der Waals surface area contributed by atoms with Gasteiger partial charge in [-0.3, -0.25) is 15.3 Å². The predicted octanol–water partition coefficient (Wildman–Crippen LogP) is 3.17. The van der Waals surface area contributed by atoms with Crippen molar-refractivity contribution in [3.63, 3.8) is 0 Å². The van der Waals surface area contributed by atoms with Crippen LogP contribution < -0.4 is 24.8 Å². The van der Waals surface area contributed by atoms with Crippen molar-refractivity contribution in [3.8, 4) is 17.2 Å². The van der Waals surface area contributed by atoms with Crippen LogP contribution >= 0.6 is 0 Å². The Bertz CT molecular complexity index is 996. The molecule has 0 saturated carbocycles. The number of rotatable bonds is 5. The summed E-state index contributed by atoms with van der Waals surface area (Å²) in [6, 6.07) is 6.63. The first-order valence-electron chi connectivity index (χ1n) is 8.99. The summed E-state index contributed by atoms with van der Waals surface area (Å²) in [5.41, 5.74) is 2.09. The number of fused-ring (bicyclic) bond motifs is 1. The SMILES string of the molecule is Cc1cnc(NC(=O)Nc2cc3c(cc2OCc2cccnc2)OCCO3)cn1. The summed E-state index contributed by atoms with van der Waals surface area (Å²) in [5, 5.41) is 5.40. The van der Waals surface area contributed by atoms with Gasteiger partial charge < -0.3 is 19.5 Å². The topological polar surface area (TPSA) is 107 Å². The number of amides is 2. The Kier molecular flexibility index (Phi) is 5.37. The quantitative estimate of drug-likeness (QED) is 0.685. The molecule has 1 aliphatic rings. The molecule has 0 radical (unpaired) electrons. The normalized spacial score (nSPS) is 12.2. The predicted molar refractivity (Wildman–Crippen MR) is 105 cm³/mol. The van der Waals surface area contributed by atoms with Gasteiger partial charge in [0.25, 0.3) is 0 Å². The number of urea groups is 1. The van der Waals surface area contributed by atoms with Crippen LogP contribution in [0.3, 0.4) is 0 Å². The van der Waals surface area contributed by atoms with Crippen molar-refractivity contribution in [2.45, 2.75) is 13.5 Å². The van der Waals surface area contributed by atoms with E-state index in [0.717, 1.165) is 11.3 Å². The number of pyridine rings is 1. The zero-order valence-corrected chi connectivity index (χ0v) is 15.7. The smallest absolute Gasteiger partial charge is 0.325 e. The standard InChI is InChI=1S/C20H19N5O4/c1-13-9-23-19(11-22-13)25-20(26)24-15-7-17-18(28-6-5-27-17)8-16(15)29-12-14-3-2-4-21-10-14/h2-4,7-11H,5-6,12H2,1H3,(H2,23,24,25,26). The number of aromatic nitrogens is 3. The van der Waals surface area contributed by atoms with E-state index in [1.165, 1.54) is 6.20 Å². The van der Waals surface area contributed by atoms with Crippen molar-refractivity contribution in [2.24, 2.45) is 0 Å². The number of ether oxygens (including phenoxy) is 3. The Balaban J connectivity index is 1.53. The lowest BCUT2D eigenvalue weighted by atomic mass is 10.2. The highest BCUT2D eigenvalue weighted by Crippen LogP contribution is 2.40. The molecule has 2 N–H and O–H groups in total. The van der Waals surface area contributed by atoms with E-state index in [9.17, 15) is 4.79 Å². The van der Waals surface area contributed by atoms with Crippen molar-refractivity contribution < 1.29 is 19.0 Å². The Labute approximate surface area is 167 Å². The maximum absolute atomic E-state index is 12.4. The molecule has 29 heavy (non-hydrogen) atoms. The second kappa shape index (κ2) is 8.42. The molecule has 1 aliphatic heterocycles. The molecular formula is C20H19N5O4. The first-order valence-corrected chi connectivity index (χ1v) is 8.99. The van der Waals surface area contributed by atoms with Crippen molar-refractivity contribution in [1.82, 2.24) is 15.0 Å². The fourth-order valence-electron chi connectivity index (χ4n) is 2.66. The number of hydrogen-bond acceptors (Lipinski definition) is 7. The van der Waals surface area contributed by atoms with Crippen LogP contribution in [0.4, 0.5) is 16.3 Å². The first-order chi connectivity index (χ1) is 14.2. The number of hydrogen-bond donors (Lipinski definition) is 2. The molecule has 9 heteroatoms. The number of nitrogens with zero attached hydrogens (tertiary/aromatic N) is 3. The number of carbonyl (C=O) groups excluding carboxylic acids is 1. The molecule has 148 valence electrons. The molecule has 0 bridgehead atoms. The van der Waals surface area contributed by atoms with E-state index in [0.29, 0.717) is 42.0 Å². The zero-order valence-electron chi connectivity index (χ0n) is 15.7. The molecule has 4 rings (SSSR count). The highest BCUT2D eigenvalue weighted by Gasteiger charge is 2.18. The highest BCUT2D eigenvalue weighted by molar-refractivity contribution is 6.00. The Hall–Kier alpha value is -3.88. The van der Waals surface area contributed by atoms with E-state index in [1.54, 1.807) is 30.7 Å². The summed E-state index contributed by atoms with van der Waals surface area (Å²) in [4.78, 5) is 24.7. The average Bonchev–Trinajstić information content (AvgIpc) is 2.74.